The molecule has 0 spiro atoms. The number of carbonyl (C=O) groups is 2. The third-order valence-electron chi connectivity index (χ3n) is 6.81. The van der Waals surface area contributed by atoms with Crippen LogP contribution in [0.3, 0.4) is 0 Å². The maximum Gasteiger partial charge on any atom is 0.254 e. The van der Waals surface area contributed by atoms with Gasteiger partial charge >= 0.3 is 0 Å². The van der Waals surface area contributed by atoms with Crippen LogP contribution in [-0.4, -0.2) is 69.2 Å². The van der Waals surface area contributed by atoms with E-state index in [9.17, 15) is 19.1 Å². The number of benzene rings is 1. The summed E-state index contributed by atoms with van der Waals surface area (Å²) >= 11 is 6.42. The van der Waals surface area contributed by atoms with Gasteiger partial charge in [0.05, 0.1) is 40.9 Å². The van der Waals surface area contributed by atoms with E-state index in [2.05, 4.69) is 25.6 Å². The highest BCUT2D eigenvalue weighted by Gasteiger charge is 2.30. The lowest BCUT2D eigenvalue weighted by Gasteiger charge is -2.23. The van der Waals surface area contributed by atoms with E-state index in [-0.39, 0.29) is 30.7 Å². The van der Waals surface area contributed by atoms with E-state index in [0.717, 1.165) is 18.4 Å². The Hall–Kier alpha value is -3.67. The zero-order valence-electron chi connectivity index (χ0n) is 21.3. The number of rotatable bonds is 8. The summed E-state index contributed by atoms with van der Waals surface area (Å²) in [5.74, 6) is -0.793. The predicted molar refractivity (Wildman–Crippen MR) is 142 cm³/mol. The van der Waals surface area contributed by atoms with Crippen molar-refractivity contribution in [3.63, 3.8) is 0 Å². The largest absolute Gasteiger partial charge is 0.394 e. The second-order valence-electron chi connectivity index (χ2n) is 9.56. The number of carbonyl (C=O) groups excluding carboxylic acids is 2. The highest BCUT2D eigenvalue weighted by atomic mass is 35.5. The Morgan fingerprint density at radius 1 is 1.26 bits per heavy atom. The summed E-state index contributed by atoms with van der Waals surface area (Å²) in [5.41, 5.74) is 2.89. The van der Waals surface area contributed by atoms with Crippen LogP contribution in [0.15, 0.2) is 36.5 Å². The Bertz CT molecular complexity index is 1400. The number of aryl methyl sites for hydroxylation is 1. The van der Waals surface area contributed by atoms with Crippen LogP contribution in [0, 0.1) is 12.7 Å². The maximum atomic E-state index is 13.6. The molecule has 4 heterocycles. The van der Waals surface area contributed by atoms with E-state index >= 15 is 0 Å². The normalized spacial score (nSPS) is 16.2. The first-order valence-corrected chi connectivity index (χ1v) is 13.0. The number of nitrogens with zero attached hydrogens (tertiary/aromatic N) is 4. The summed E-state index contributed by atoms with van der Waals surface area (Å²) in [7, 11) is 0. The van der Waals surface area contributed by atoms with Crippen molar-refractivity contribution in [1.29, 1.82) is 0 Å². The van der Waals surface area contributed by atoms with Crippen molar-refractivity contribution in [1.82, 2.24) is 25.2 Å². The molecular weight excluding hydrogens is 527 g/mol. The number of amides is 2. The monoisotopic (exact) mass is 554 g/mol. The lowest BCUT2D eigenvalue weighted by atomic mass is 10.0. The van der Waals surface area contributed by atoms with E-state index in [1.807, 2.05) is 12.1 Å². The van der Waals surface area contributed by atoms with Crippen LogP contribution in [0.2, 0.25) is 5.02 Å². The Morgan fingerprint density at radius 3 is 2.79 bits per heavy atom. The van der Waals surface area contributed by atoms with Crippen LogP contribution in [0.5, 0.6) is 0 Å². The average Bonchev–Trinajstić information content (AvgIpc) is 3.24. The lowest BCUT2D eigenvalue weighted by molar-refractivity contribution is -0.122. The number of fused-ring (bicyclic) bond motifs is 1. The molecule has 1 fully saturated rings. The second-order valence-corrected chi connectivity index (χ2v) is 9.97. The van der Waals surface area contributed by atoms with Crippen molar-refractivity contribution in [2.24, 2.45) is 0 Å². The van der Waals surface area contributed by atoms with Gasteiger partial charge in [-0.15, -0.1) is 0 Å². The molecular formula is C27H28ClFN6O4. The van der Waals surface area contributed by atoms with Crippen molar-refractivity contribution >= 4 is 29.4 Å². The first-order valence-electron chi connectivity index (χ1n) is 12.6. The maximum absolute atomic E-state index is 13.6. The highest BCUT2D eigenvalue weighted by molar-refractivity contribution is 6.33. The van der Waals surface area contributed by atoms with Crippen molar-refractivity contribution in [3.05, 3.63) is 69.9 Å². The quantitative estimate of drug-likeness (QED) is 0.387. The standard InChI is InChI=1S/C27H28ClFN6O4/c1-15-21(29)4-5-22(31-15)23(14-36)33-24(37)13-35-12-17-3-2-16(10-19(17)26(35)38)25-20(28)11-30-27(34-25)32-18-6-8-39-9-7-18/h2-5,10-11,18,23,36H,6-9,12-14H2,1H3,(H,33,37)(H,30,32,34). The molecule has 10 nitrogen and oxygen atoms in total. The van der Waals surface area contributed by atoms with Crippen LogP contribution in [-0.2, 0) is 16.1 Å². The molecule has 2 aliphatic heterocycles. The predicted octanol–water partition coefficient (Wildman–Crippen LogP) is 3.04. The van der Waals surface area contributed by atoms with Crippen molar-refractivity contribution in [2.45, 2.75) is 38.4 Å². The number of nitrogens with one attached hydrogen (secondary N) is 2. The number of ether oxygens (including phenoxy) is 1. The SMILES string of the molecule is Cc1nc(C(CO)NC(=O)CN2Cc3ccc(-c4nc(NC5CCOCC5)ncc4Cl)cc3C2=O)ccc1F. The van der Waals surface area contributed by atoms with Gasteiger partial charge in [-0.05, 0) is 43.5 Å². The van der Waals surface area contributed by atoms with E-state index < -0.39 is 24.4 Å². The number of anilines is 1. The van der Waals surface area contributed by atoms with Gasteiger partial charge in [0, 0.05) is 36.9 Å². The molecule has 5 rings (SSSR count). The molecule has 0 saturated carbocycles. The molecule has 2 amide bonds. The molecule has 1 unspecified atom stereocenters. The number of halogens is 2. The Balaban J connectivity index is 1.27. The summed E-state index contributed by atoms with van der Waals surface area (Å²) < 4.78 is 19.0. The highest BCUT2D eigenvalue weighted by Crippen LogP contribution is 2.31. The summed E-state index contributed by atoms with van der Waals surface area (Å²) in [4.78, 5) is 40.4. The van der Waals surface area contributed by atoms with Crippen LogP contribution in [0.1, 0.15) is 46.2 Å². The Kier molecular flexibility index (Phi) is 8.01. The summed E-state index contributed by atoms with van der Waals surface area (Å²) in [5, 5.41) is 16.1. The van der Waals surface area contributed by atoms with Gasteiger partial charge in [0.25, 0.3) is 5.91 Å². The van der Waals surface area contributed by atoms with Gasteiger partial charge in [-0.2, -0.15) is 0 Å². The summed E-state index contributed by atoms with van der Waals surface area (Å²) in [6, 6.07) is 7.42. The summed E-state index contributed by atoms with van der Waals surface area (Å²) in [6.45, 7) is 2.49. The van der Waals surface area contributed by atoms with Gasteiger partial charge in [0.1, 0.15) is 12.4 Å². The molecule has 0 bridgehead atoms. The number of pyridine rings is 1. The van der Waals surface area contributed by atoms with Crippen LogP contribution in [0.4, 0.5) is 10.3 Å². The molecule has 12 heteroatoms. The minimum absolute atomic E-state index is 0.163. The topological polar surface area (TPSA) is 130 Å². The minimum Gasteiger partial charge on any atom is -0.394 e. The Morgan fingerprint density at radius 2 is 2.05 bits per heavy atom. The lowest BCUT2D eigenvalue weighted by Crippen LogP contribution is -2.40. The number of aliphatic hydroxyl groups is 1. The van der Waals surface area contributed by atoms with Gasteiger partial charge < -0.3 is 25.4 Å². The Labute approximate surface area is 229 Å². The number of aliphatic hydroxyl groups excluding tert-OH is 1. The molecule has 39 heavy (non-hydrogen) atoms. The van der Waals surface area contributed by atoms with E-state index in [4.69, 9.17) is 16.3 Å². The van der Waals surface area contributed by atoms with Gasteiger partial charge in [-0.1, -0.05) is 23.7 Å². The smallest absolute Gasteiger partial charge is 0.254 e. The fourth-order valence-corrected chi connectivity index (χ4v) is 4.88. The molecule has 2 aliphatic rings. The molecule has 1 aromatic carbocycles. The third-order valence-corrected chi connectivity index (χ3v) is 7.09. The van der Waals surface area contributed by atoms with Crippen LogP contribution < -0.4 is 10.6 Å². The van der Waals surface area contributed by atoms with Gasteiger partial charge in [0.2, 0.25) is 11.9 Å². The van der Waals surface area contributed by atoms with Crippen molar-refractivity contribution in [2.75, 3.05) is 31.7 Å². The van der Waals surface area contributed by atoms with Crippen LogP contribution in [0.25, 0.3) is 11.3 Å². The van der Waals surface area contributed by atoms with E-state index in [0.29, 0.717) is 46.7 Å². The first kappa shape index (κ1) is 26.9. The third kappa shape index (κ3) is 6.00. The summed E-state index contributed by atoms with van der Waals surface area (Å²) in [6.07, 6.45) is 3.25. The zero-order chi connectivity index (χ0) is 27.5. The molecule has 0 radical (unpaired) electrons. The minimum atomic E-state index is -0.827. The van der Waals surface area contributed by atoms with Gasteiger partial charge in [0.15, 0.2) is 0 Å². The van der Waals surface area contributed by atoms with E-state index in [1.165, 1.54) is 30.2 Å². The zero-order valence-corrected chi connectivity index (χ0v) is 22.0. The molecule has 2 aromatic heterocycles. The molecule has 3 N–H and O–H groups in total. The van der Waals surface area contributed by atoms with Crippen molar-refractivity contribution in [3.8, 4) is 11.3 Å². The average molecular weight is 555 g/mol. The fourth-order valence-electron chi connectivity index (χ4n) is 4.68. The van der Waals surface area contributed by atoms with Crippen molar-refractivity contribution < 1.29 is 23.8 Å². The van der Waals surface area contributed by atoms with Gasteiger partial charge in [-0.25, -0.2) is 14.4 Å². The molecule has 204 valence electrons. The van der Waals surface area contributed by atoms with Crippen LogP contribution >= 0.6 is 11.6 Å². The van der Waals surface area contributed by atoms with E-state index in [1.54, 1.807) is 6.07 Å². The molecule has 0 aliphatic carbocycles. The van der Waals surface area contributed by atoms with Gasteiger partial charge in [-0.3, -0.25) is 14.6 Å². The molecule has 1 saturated heterocycles. The fraction of sp³-hybridized carbons (Fsp3) is 0.370. The number of aromatic nitrogens is 3. The number of hydrogen-bond acceptors (Lipinski definition) is 8. The second kappa shape index (κ2) is 11.6. The molecule has 3 aromatic rings. The number of hydrogen-bond donors (Lipinski definition) is 3. The molecule has 1 atom stereocenters. The first-order chi connectivity index (χ1) is 18.8.